The van der Waals surface area contributed by atoms with Crippen molar-refractivity contribution >= 4 is 35.7 Å². The molecule has 2 aliphatic rings. The molecule has 2 aromatic rings. The van der Waals surface area contributed by atoms with Crippen LogP contribution < -0.4 is 9.38 Å². The van der Waals surface area contributed by atoms with Gasteiger partial charge in [-0.1, -0.05) is 18.9 Å². The molecule has 0 saturated heterocycles. The highest BCUT2D eigenvalue weighted by Gasteiger charge is 2.37. The Morgan fingerprint density at radius 3 is 3.21 bits per heavy atom. The third-order valence-corrected chi connectivity index (χ3v) is 5.91. The highest BCUT2D eigenvalue weighted by Crippen LogP contribution is 2.48. The summed E-state index contributed by atoms with van der Waals surface area (Å²) in [5.74, 6) is 4.97. The molecule has 126 valence electrons. The van der Waals surface area contributed by atoms with E-state index < -0.39 is 7.12 Å². The lowest BCUT2D eigenvalue weighted by Gasteiger charge is -2.38. The van der Waals surface area contributed by atoms with E-state index in [1.165, 1.54) is 24.8 Å². The van der Waals surface area contributed by atoms with Crippen LogP contribution in [0.25, 0.3) is 16.6 Å². The number of nitrogens with zero attached hydrogens (tertiary/aromatic N) is 1. The van der Waals surface area contributed by atoms with E-state index in [4.69, 9.17) is 4.65 Å². The molecule has 0 radical (unpaired) electrons. The van der Waals surface area contributed by atoms with Crippen LogP contribution in [0.4, 0.5) is 0 Å². The van der Waals surface area contributed by atoms with Crippen molar-refractivity contribution in [3.63, 3.8) is 0 Å². The molecule has 0 aromatic carbocycles. The zero-order valence-corrected chi connectivity index (χ0v) is 14.6. The van der Waals surface area contributed by atoms with Gasteiger partial charge in [0.15, 0.2) is 0 Å². The molecule has 1 saturated carbocycles. The predicted molar refractivity (Wildman–Crippen MR) is 99.6 cm³/mol. The molecule has 1 fully saturated rings. The van der Waals surface area contributed by atoms with Crippen molar-refractivity contribution in [2.75, 3.05) is 12.3 Å². The smallest absolute Gasteiger partial charge is 0.531 e. The molecule has 0 amide bonds. The molecule has 0 bridgehead atoms. The van der Waals surface area contributed by atoms with Crippen LogP contribution in [0.5, 0.6) is 5.75 Å². The minimum absolute atomic E-state index is 0.500. The van der Waals surface area contributed by atoms with Crippen LogP contribution in [-0.4, -0.2) is 34.4 Å². The average Bonchev–Trinajstić information content (AvgIpc) is 3.00. The molecule has 24 heavy (non-hydrogen) atoms. The minimum atomic E-state index is -0.870. The van der Waals surface area contributed by atoms with Crippen molar-refractivity contribution < 1.29 is 9.68 Å². The van der Waals surface area contributed by atoms with E-state index in [0.717, 1.165) is 34.8 Å². The Kier molecular flexibility index (Phi) is 4.56. The molecule has 0 spiro atoms. The molecule has 2 aromatic heterocycles. The van der Waals surface area contributed by atoms with E-state index in [1.54, 1.807) is 6.20 Å². The summed E-state index contributed by atoms with van der Waals surface area (Å²) in [7, 11) is -0.870. The van der Waals surface area contributed by atoms with E-state index in [-0.39, 0.29) is 0 Å². The number of allylic oxidation sites excluding steroid dienone is 1. The standard InChI is InChI=1S/C17H22BN3O2S/c1-2-4-21-24-10-11-6-12(7-11)14-8-18(22)23-15-9-20-17-13(16(14)15)3-5-19-17/h3,5,8-9,11-12,21-22H,2,4,6-7,10H2,1H3,(H,19,20). The highest BCUT2D eigenvalue weighted by molar-refractivity contribution is 7.97. The van der Waals surface area contributed by atoms with Crippen LogP contribution in [0.1, 0.15) is 31.7 Å². The molecule has 1 aliphatic carbocycles. The Bertz CT molecular complexity index is 757. The number of nitrogens with one attached hydrogen (secondary N) is 2. The third-order valence-electron chi connectivity index (χ3n) is 4.86. The Labute approximate surface area is 146 Å². The largest absolute Gasteiger partial charge is 0.552 e. The van der Waals surface area contributed by atoms with Crippen molar-refractivity contribution in [2.45, 2.75) is 26.2 Å². The number of hydrogen-bond donors (Lipinski definition) is 3. The number of rotatable bonds is 6. The van der Waals surface area contributed by atoms with Gasteiger partial charge in [0.25, 0.3) is 0 Å². The van der Waals surface area contributed by atoms with Crippen molar-refractivity contribution in [3.05, 3.63) is 30.0 Å². The fourth-order valence-electron chi connectivity index (χ4n) is 3.59. The second-order valence-electron chi connectivity index (χ2n) is 6.61. The first-order valence-electron chi connectivity index (χ1n) is 8.63. The number of aromatic nitrogens is 2. The Hall–Kier alpha value is -1.44. The van der Waals surface area contributed by atoms with Crippen LogP contribution in [-0.2, 0) is 0 Å². The lowest BCUT2D eigenvalue weighted by atomic mass is 9.66. The van der Waals surface area contributed by atoms with Crippen molar-refractivity contribution in [1.82, 2.24) is 14.7 Å². The normalized spacial score (nSPS) is 22.8. The quantitative estimate of drug-likeness (QED) is 0.427. The van der Waals surface area contributed by atoms with Crippen LogP contribution in [0, 0.1) is 11.8 Å². The molecule has 1 aliphatic heterocycles. The molecule has 0 atom stereocenters. The third kappa shape index (κ3) is 2.96. The summed E-state index contributed by atoms with van der Waals surface area (Å²) >= 11 is 1.84. The SMILES string of the molecule is CCCNSCC1CC(C2=CB(O)Oc3cnc4[nH]ccc4c32)C1. The van der Waals surface area contributed by atoms with Crippen LogP contribution in [0.3, 0.4) is 0 Å². The van der Waals surface area contributed by atoms with Crippen LogP contribution in [0.2, 0.25) is 0 Å². The zero-order chi connectivity index (χ0) is 16.5. The van der Waals surface area contributed by atoms with Gasteiger partial charge in [-0.2, -0.15) is 0 Å². The van der Waals surface area contributed by atoms with Gasteiger partial charge in [0.2, 0.25) is 0 Å². The Morgan fingerprint density at radius 1 is 1.50 bits per heavy atom. The van der Waals surface area contributed by atoms with E-state index in [0.29, 0.717) is 11.7 Å². The zero-order valence-electron chi connectivity index (χ0n) is 13.8. The summed E-state index contributed by atoms with van der Waals surface area (Å²) < 4.78 is 8.97. The van der Waals surface area contributed by atoms with Crippen molar-refractivity contribution in [2.24, 2.45) is 11.8 Å². The first-order chi connectivity index (χ1) is 11.8. The number of H-pyrrole nitrogens is 1. The summed E-state index contributed by atoms with van der Waals surface area (Å²) in [5.41, 5.74) is 3.19. The maximum absolute atomic E-state index is 10.0. The van der Waals surface area contributed by atoms with Gasteiger partial charge in [-0.3, -0.25) is 4.72 Å². The van der Waals surface area contributed by atoms with Crippen LogP contribution >= 0.6 is 11.9 Å². The molecule has 3 N–H and O–H groups in total. The van der Waals surface area contributed by atoms with Gasteiger partial charge in [-0.05, 0) is 48.7 Å². The molecule has 0 unspecified atom stereocenters. The lowest BCUT2D eigenvalue weighted by molar-refractivity contribution is 0.276. The van der Waals surface area contributed by atoms with Gasteiger partial charge in [0.1, 0.15) is 11.4 Å². The second-order valence-corrected chi connectivity index (χ2v) is 7.52. The molecular formula is C17H22BN3O2S. The summed E-state index contributed by atoms with van der Waals surface area (Å²) in [6.45, 7) is 3.26. The van der Waals surface area contributed by atoms with Gasteiger partial charge < -0.3 is 14.7 Å². The fourth-order valence-corrected chi connectivity index (χ4v) is 4.57. The first kappa shape index (κ1) is 16.1. The van der Waals surface area contributed by atoms with Gasteiger partial charge in [-0.25, -0.2) is 4.98 Å². The number of fused-ring (bicyclic) bond motifs is 3. The number of hydrogen-bond acceptors (Lipinski definition) is 5. The van der Waals surface area contributed by atoms with Gasteiger partial charge in [0.05, 0.1) is 6.20 Å². The van der Waals surface area contributed by atoms with Gasteiger partial charge in [-0.15, -0.1) is 0 Å². The predicted octanol–water partition coefficient (Wildman–Crippen LogP) is 3.03. The Morgan fingerprint density at radius 2 is 2.38 bits per heavy atom. The lowest BCUT2D eigenvalue weighted by Crippen LogP contribution is -2.32. The van der Waals surface area contributed by atoms with Crippen LogP contribution in [0.15, 0.2) is 24.4 Å². The van der Waals surface area contributed by atoms with E-state index in [2.05, 4.69) is 21.6 Å². The molecule has 4 rings (SSSR count). The minimum Gasteiger partial charge on any atom is -0.531 e. The Balaban J connectivity index is 1.50. The van der Waals surface area contributed by atoms with Crippen molar-refractivity contribution in [1.29, 1.82) is 0 Å². The fraction of sp³-hybridized carbons (Fsp3) is 0.471. The van der Waals surface area contributed by atoms with Gasteiger partial charge >= 0.3 is 7.12 Å². The van der Waals surface area contributed by atoms with E-state index in [9.17, 15) is 5.02 Å². The summed E-state index contributed by atoms with van der Waals surface area (Å²) in [6.07, 6.45) is 7.13. The second kappa shape index (κ2) is 6.82. The average molecular weight is 343 g/mol. The first-order valence-corrected chi connectivity index (χ1v) is 9.62. The van der Waals surface area contributed by atoms with E-state index in [1.807, 2.05) is 30.2 Å². The molecule has 3 heterocycles. The summed E-state index contributed by atoms with van der Waals surface area (Å²) in [6, 6.07) is 2.04. The molecule has 7 heteroatoms. The van der Waals surface area contributed by atoms with Crippen molar-refractivity contribution in [3.8, 4) is 5.75 Å². The number of pyridine rings is 1. The molecule has 5 nitrogen and oxygen atoms in total. The maximum atomic E-state index is 10.0. The maximum Gasteiger partial charge on any atom is 0.552 e. The molecular weight excluding hydrogens is 321 g/mol. The van der Waals surface area contributed by atoms with Gasteiger partial charge in [0, 0.05) is 29.4 Å². The monoisotopic (exact) mass is 343 g/mol. The summed E-state index contributed by atoms with van der Waals surface area (Å²) in [4.78, 5) is 7.53. The topological polar surface area (TPSA) is 70.2 Å². The number of aromatic amines is 1. The highest BCUT2D eigenvalue weighted by atomic mass is 32.2. The van der Waals surface area contributed by atoms with E-state index >= 15 is 0 Å². The summed E-state index contributed by atoms with van der Waals surface area (Å²) in [5, 5.41) is 11.1.